The molecular weight excluding hydrogens is 378 g/mol. The van der Waals surface area contributed by atoms with E-state index in [2.05, 4.69) is 0 Å². The largest absolute Gasteiger partial charge is 0.489 e. The second-order valence-corrected chi connectivity index (χ2v) is 7.70. The predicted octanol–water partition coefficient (Wildman–Crippen LogP) is 4.50. The lowest BCUT2D eigenvalue weighted by Crippen LogP contribution is -2.29. The molecule has 27 heavy (non-hydrogen) atoms. The lowest BCUT2D eigenvalue weighted by molar-refractivity contribution is -0.122. The number of ether oxygens (including phenoxy) is 2. The Hall–Kier alpha value is -2.15. The van der Waals surface area contributed by atoms with E-state index >= 15 is 0 Å². The summed E-state index contributed by atoms with van der Waals surface area (Å²) in [7, 11) is 1.65. The summed E-state index contributed by atoms with van der Waals surface area (Å²) in [6, 6.07) is 17.7. The molecule has 0 bridgehead atoms. The molecule has 1 amide bonds. The number of thiocarbonyl (C=S) groups is 1. The van der Waals surface area contributed by atoms with Gasteiger partial charge in [-0.15, -0.1) is 0 Å². The zero-order valence-electron chi connectivity index (χ0n) is 15.1. The minimum Gasteiger partial charge on any atom is -0.489 e. The molecule has 0 aliphatic carbocycles. The summed E-state index contributed by atoms with van der Waals surface area (Å²) in [5.74, 6) is 0.722. The molecule has 1 heterocycles. The summed E-state index contributed by atoms with van der Waals surface area (Å²) >= 11 is 6.68. The zero-order valence-corrected chi connectivity index (χ0v) is 16.7. The highest BCUT2D eigenvalue weighted by molar-refractivity contribution is 8.26. The Morgan fingerprint density at radius 2 is 1.96 bits per heavy atom. The third-order valence-corrected chi connectivity index (χ3v) is 5.39. The standard InChI is InChI=1S/C21H21NO3S2/c1-24-12-6-11-22-20(23)19(27-21(22)26)14-17-9-5-10-18(13-17)25-15-16-7-3-2-4-8-16/h2-5,7-10,13-14H,6,11-12,15H2,1H3. The van der Waals surface area contributed by atoms with Crippen molar-refractivity contribution in [2.75, 3.05) is 20.3 Å². The summed E-state index contributed by atoms with van der Waals surface area (Å²) in [4.78, 5) is 14.9. The second kappa shape index (κ2) is 9.69. The van der Waals surface area contributed by atoms with Gasteiger partial charge >= 0.3 is 0 Å². The SMILES string of the molecule is COCCCN1C(=O)C(=Cc2cccc(OCc3ccccc3)c2)SC1=S. The third kappa shape index (κ3) is 5.42. The number of carbonyl (C=O) groups excluding carboxylic acids is 1. The maximum absolute atomic E-state index is 12.6. The molecule has 0 atom stereocenters. The van der Waals surface area contributed by atoms with Gasteiger partial charge in [0.2, 0.25) is 0 Å². The maximum atomic E-state index is 12.6. The fourth-order valence-electron chi connectivity index (χ4n) is 2.65. The van der Waals surface area contributed by atoms with Crippen molar-refractivity contribution in [1.82, 2.24) is 4.90 Å². The van der Waals surface area contributed by atoms with E-state index in [4.69, 9.17) is 21.7 Å². The fourth-order valence-corrected chi connectivity index (χ4v) is 3.95. The highest BCUT2D eigenvalue weighted by Crippen LogP contribution is 2.33. The van der Waals surface area contributed by atoms with E-state index in [0.29, 0.717) is 29.0 Å². The van der Waals surface area contributed by atoms with E-state index < -0.39 is 0 Å². The molecule has 6 heteroatoms. The lowest BCUT2D eigenvalue weighted by Gasteiger charge is -2.13. The molecule has 3 rings (SSSR count). The van der Waals surface area contributed by atoms with Gasteiger partial charge in [-0.05, 0) is 35.8 Å². The number of methoxy groups -OCH3 is 1. The maximum Gasteiger partial charge on any atom is 0.266 e. The normalized spacial score (nSPS) is 15.6. The molecule has 1 aliphatic rings. The van der Waals surface area contributed by atoms with Crippen molar-refractivity contribution in [1.29, 1.82) is 0 Å². The molecule has 0 saturated carbocycles. The van der Waals surface area contributed by atoms with Gasteiger partial charge in [0.1, 0.15) is 16.7 Å². The van der Waals surface area contributed by atoms with Gasteiger partial charge < -0.3 is 9.47 Å². The Bertz CT molecular complexity index is 836. The van der Waals surface area contributed by atoms with Crippen molar-refractivity contribution in [3.8, 4) is 5.75 Å². The lowest BCUT2D eigenvalue weighted by atomic mass is 10.2. The van der Waals surface area contributed by atoms with Gasteiger partial charge in [-0.2, -0.15) is 0 Å². The Morgan fingerprint density at radius 3 is 2.74 bits per heavy atom. The summed E-state index contributed by atoms with van der Waals surface area (Å²) in [6.07, 6.45) is 2.63. The smallest absolute Gasteiger partial charge is 0.266 e. The number of benzene rings is 2. The van der Waals surface area contributed by atoms with Crippen molar-refractivity contribution >= 4 is 40.3 Å². The van der Waals surface area contributed by atoms with E-state index in [1.807, 2.05) is 60.7 Å². The Balaban J connectivity index is 1.66. The van der Waals surface area contributed by atoms with Gasteiger partial charge in [0.15, 0.2) is 0 Å². The number of hydrogen-bond donors (Lipinski definition) is 0. The van der Waals surface area contributed by atoms with Crippen LogP contribution < -0.4 is 4.74 Å². The fraction of sp³-hybridized carbons (Fsp3) is 0.238. The molecule has 0 N–H and O–H groups in total. The molecule has 2 aromatic carbocycles. The summed E-state index contributed by atoms with van der Waals surface area (Å²) in [5.41, 5.74) is 2.03. The molecule has 4 nitrogen and oxygen atoms in total. The molecule has 0 aromatic heterocycles. The van der Waals surface area contributed by atoms with Crippen LogP contribution in [0, 0.1) is 0 Å². The summed E-state index contributed by atoms with van der Waals surface area (Å²) in [6.45, 7) is 1.69. The van der Waals surface area contributed by atoms with Crippen LogP contribution in [-0.2, 0) is 16.1 Å². The predicted molar refractivity (Wildman–Crippen MR) is 114 cm³/mol. The van der Waals surface area contributed by atoms with Crippen molar-refractivity contribution in [2.45, 2.75) is 13.0 Å². The van der Waals surface area contributed by atoms with Crippen LogP contribution in [0.5, 0.6) is 5.75 Å². The first kappa shape index (κ1) is 19.6. The zero-order chi connectivity index (χ0) is 19.1. The molecular formula is C21H21NO3S2. The quantitative estimate of drug-likeness (QED) is 0.371. The van der Waals surface area contributed by atoms with Crippen molar-refractivity contribution < 1.29 is 14.3 Å². The first-order chi connectivity index (χ1) is 13.2. The van der Waals surface area contributed by atoms with Crippen LogP contribution in [-0.4, -0.2) is 35.4 Å². The highest BCUT2D eigenvalue weighted by atomic mass is 32.2. The van der Waals surface area contributed by atoms with Crippen molar-refractivity contribution in [3.05, 3.63) is 70.6 Å². The van der Waals surface area contributed by atoms with E-state index in [-0.39, 0.29) is 5.91 Å². The number of amides is 1. The molecule has 1 fully saturated rings. The minimum absolute atomic E-state index is 0.0447. The minimum atomic E-state index is -0.0447. The van der Waals surface area contributed by atoms with Gasteiger partial charge in [0.25, 0.3) is 5.91 Å². The molecule has 0 unspecified atom stereocenters. The number of nitrogens with zero attached hydrogens (tertiary/aromatic N) is 1. The molecule has 2 aromatic rings. The number of hydrogen-bond acceptors (Lipinski definition) is 5. The average molecular weight is 400 g/mol. The van der Waals surface area contributed by atoms with Gasteiger partial charge in [0, 0.05) is 20.3 Å². The number of carbonyl (C=O) groups is 1. The van der Waals surface area contributed by atoms with Gasteiger partial charge in [-0.1, -0.05) is 66.4 Å². The Labute approximate surface area is 169 Å². The van der Waals surface area contributed by atoms with E-state index in [0.717, 1.165) is 23.3 Å². The van der Waals surface area contributed by atoms with E-state index in [1.54, 1.807) is 12.0 Å². The van der Waals surface area contributed by atoms with Crippen LogP contribution >= 0.6 is 24.0 Å². The van der Waals surface area contributed by atoms with Crippen LogP contribution in [0.15, 0.2) is 59.5 Å². The monoisotopic (exact) mass is 399 g/mol. The van der Waals surface area contributed by atoms with Crippen molar-refractivity contribution in [2.24, 2.45) is 0 Å². The van der Waals surface area contributed by atoms with Crippen LogP contribution in [0.2, 0.25) is 0 Å². The van der Waals surface area contributed by atoms with Crippen molar-refractivity contribution in [3.63, 3.8) is 0 Å². The summed E-state index contributed by atoms with van der Waals surface area (Å²) < 4.78 is 11.5. The Kier molecular flexibility index (Phi) is 7.04. The molecule has 0 spiro atoms. The number of thioether (sulfide) groups is 1. The van der Waals surface area contributed by atoms with Crippen LogP contribution in [0.25, 0.3) is 6.08 Å². The topological polar surface area (TPSA) is 38.8 Å². The highest BCUT2D eigenvalue weighted by Gasteiger charge is 2.31. The summed E-state index contributed by atoms with van der Waals surface area (Å²) in [5, 5.41) is 0. The number of rotatable bonds is 8. The molecule has 0 radical (unpaired) electrons. The molecule has 1 aliphatic heterocycles. The van der Waals surface area contributed by atoms with Crippen LogP contribution in [0.4, 0.5) is 0 Å². The van der Waals surface area contributed by atoms with Crippen LogP contribution in [0.3, 0.4) is 0 Å². The van der Waals surface area contributed by atoms with E-state index in [9.17, 15) is 4.79 Å². The molecule has 1 saturated heterocycles. The van der Waals surface area contributed by atoms with E-state index in [1.165, 1.54) is 11.8 Å². The van der Waals surface area contributed by atoms with Gasteiger partial charge in [-0.25, -0.2) is 0 Å². The first-order valence-electron chi connectivity index (χ1n) is 8.68. The third-order valence-electron chi connectivity index (χ3n) is 4.01. The second-order valence-electron chi connectivity index (χ2n) is 6.03. The van der Waals surface area contributed by atoms with Gasteiger partial charge in [-0.3, -0.25) is 9.69 Å². The Morgan fingerprint density at radius 1 is 1.15 bits per heavy atom. The van der Waals surface area contributed by atoms with Gasteiger partial charge in [0.05, 0.1) is 4.91 Å². The molecule has 140 valence electrons. The first-order valence-corrected chi connectivity index (χ1v) is 9.91. The average Bonchev–Trinajstić information content (AvgIpc) is 2.95. The van der Waals surface area contributed by atoms with Crippen LogP contribution in [0.1, 0.15) is 17.5 Å².